The van der Waals surface area contributed by atoms with Gasteiger partial charge in [-0.05, 0) is 48.5 Å². The lowest BCUT2D eigenvalue weighted by Crippen LogP contribution is -2.30. The molecule has 1 amide bonds. The lowest BCUT2D eigenvalue weighted by Gasteiger charge is -2.18. The fraction of sp³-hybridized carbons (Fsp3) is 0.217. The number of ether oxygens (including phenoxy) is 2. The average Bonchev–Trinajstić information content (AvgIpc) is 3.46. The SMILES string of the molecule is COc1ccc(SCCC(=O)N(Cc2ccco2)c2nc3cc(OC)ccc3s2)cc1. The monoisotopic (exact) mass is 454 g/mol. The number of anilines is 1. The third-order valence-electron chi connectivity index (χ3n) is 4.65. The second kappa shape index (κ2) is 9.89. The maximum absolute atomic E-state index is 13.2. The molecule has 2 heterocycles. The lowest BCUT2D eigenvalue weighted by molar-refractivity contribution is -0.118. The van der Waals surface area contributed by atoms with Gasteiger partial charge in [0.25, 0.3) is 0 Å². The van der Waals surface area contributed by atoms with Gasteiger partial charge in [0.05, 0.1) is 37.2 Å². The highest BCUT2D eigenvalue weighted by molar-refractivity contribution is 7.99. The van der Waals surface area contributed by atoms with Crippen LogP contribution in [0.3, 0.4) is 0 Å². The zero-order valence-electron chi connectivity index (χ0n) is 17.2. The largest absolute Gasteiger partial charge is 0.497 e. The van der Waals surface area contributed by atoms with Crippen LogP contribution in [0.4, 0.5) is 5.13 Å². The van der Waals surface area contributed by atoms with Gasteiger partial charge < -0.3 is 13.9 Å². The maximum Gasteiger partial charge on any atom is 0.230 e. The summed E-state index contributed by atoms with van der Waals surface area (Å²) in [6.45, 7) is 0.343. The molecule has 8 heteroatoms. The van der Waals surface area contributed by atoms with E-state index in [0.29, 0.717) is 29.6 Å². The van der Waals surface area contributed by atoms with Gasteiger partial charge in [0.1, 0.15) is 17.3 Å². The van der Waals surface area contributed by atoms with E-state index >= 15 is 0 Å². The van der Waals surface area contributed by atoms with Crippen LogP contribution < -0.4 is 14.4 Å². The van der Waals surface area contributed by atoms with Crippen LogP contribution in [0, 0.1) is 0 Å². The van der Waals surface area contributed by atoms with E-state index in [0.717, 1.165) is 26.6 Å². The molecule has 6 nitrogen and oxygen atoms in total. The van der Waals surface area contributed by atoms with E-state index in [1.165, 1.54) is 11.3 Å². The average molecular weight is 455 g/mol. The van der Waals surface area contributed by atoms with Crippen LogP contribution in [0.1, 0.15) is 12.2 Å². The van der Waals surface area contributed by atoms with Crippen molar-refractivity contribution >= 4 is 44.4 Å². The summed E-state index contributed by atoms with van der Waals surface area (Å²) in [6.07, 6.45) is 2.00. The Bertz CT molecular complexity index is 1140. The number of thioether (sulfide) groups is 1. The number of hydrogen-bond acceptors (Lipinski definition) is 7. The van der Waals surface area contributed by atoms with Gasteiger partial charge in [-0.1, -0.05) is 11.3 Å². The number of thiazole rings is 1. The Morgan fingerprint density at radius 2 is 1.87 bits per heavy atom. The Morgan fingerprint density at radius 1 is 1.10 bits per heavy atom. The van der Waals surface area contributed by atoms with E-state index in [9.17, 15) is 4.79 Å². The van der Waals surface area contributed by atoms with Crippen LogP contribution in [0.15, 0.2) is 70.2 Å². The topological polar surface area (TPSA) is 64.8 Å². The summed E-state index contributed by atoms with van der Waals surface area (Å²) in [6, 6.07) is 17.3. The molecule has 31 heavy (non-hydrogen) atoms. The summed E-state index contributed by atoms with van der Waals surface area (Å²) in [5.74, 6) is 2.94. The van der Waals surface area contributed by atoms with Gasteiger partial charge in [0.15, 0.2) is 5.13 Å². The summed E-state index contributed by atoms with van der Waals surface area (Å²) < 4.78 is 17.0. The molecule has 4 rings (SSSR count). The highest BCUT2D eigenvalue weighted by atomic mass is 32.2. The van der Waals surface area contributed by atoms with Crippen molar-refractivity contribution in [1.82, 2.24) is 4.98 Å². The highest BCUT2D eigenvalue weighted by Gasteiger charge is 2.21. The number of carbonyl (C=O) groups is 1. The van der Waals surface area contributed by atoms with Gasteiger partial charge in [-0.15, -0.1) is 11.8 Å². The van der Waals surface area contributed by atoms with Gasteiger partial charge in [0, 0.05) is 23.1 Å². The number of hydrogen-bond donors (Lipinski definition) is 0. The number of amides is 1. The number of furan rings is 1. The maximum atomic E-state index is 13.2. The number of rotatable bonds is 9. The third kappa shape index (κ3) is 5.21. The van der Waals surface area contributed by atoms with Gasteiger partial charge in [0.2, 0.25) is 5.91 Å². The Balaban J connectivity index is 1.49. The molecule has 0 aliphatic carbocycles. The second-order valence-corrected chi connectivity index (χ2v) is 8.84. The number of nitrogens with zero attached hydrogens (tertiary/aromatic N) is 2. The molecule has 0 saturated heterocycles. The molecule has 0 N–H and O–H groups in total. The molecular weight excluding hydrogens is 432 g/mol. The second-order valence-electron chi connectivity index (χ2n) is 6.66. The highest BCUT2D eigenvalue weighted by Crippen LogP contribution is 2.32. The van der Waals surface area contributed by atoms with E-state index in [1.54, 1.807) is 37.1 Å². The smallest absolute Gasteiger partial charge is 0.230 e. The first-order valence-electron chi connectivity index (χ1n) is 9.70. The van der Waals surface area contributed by atoms with Crippen LogP contribution >= 0.6 is 23.1 Å². The standard InChI is InChI=1S/C23H22N2O4S2/c1-27-16-5-8-19(9-6-16)30-13-11-22(26)25(15-18-4-3-12-29-18)23-24-20-14-17(28-2)7-10-21(20)31-23/h3-10,12,14H,11,13,15H2,1-2H3. The Kier molecular flexibility index (Phi) is 6.79. The van der Waals surface area contributed by atoms with Crippen molar-refractivity contribution in [3.63, 3.8) is 0 Å². The van der Waals surface area contributed by atoms with Crippen LogP contribution in [0.25, 0.3) is 10.2 Å². The van der Waals surface area contributed by atoms with Crippen molar-refractivity contribution in [2.45, 2.75) is 17.9 Å². The zero-order chi connectivity index (χ0) is 21.6. The number of fused-ring (bicyclic) bond motifs is 1. The molecule has 0 bridgehead atoms. The molecule has 0 aliphatic heterocycles. The van der Waals surface area contributed by atoms with Crippen molar-refractivity contribution < 1.29 is 18.7 Å². The Hall–Kier alpha value is -2.97. The first kappa shape index (κ1) is 21.3. The summed E-state index contributed by atoms with van der Waals surface area (Å²) in [4.78, 5) is 20.6. The molecular formula is C23H22N2O4S2. The fourth-order valence-electron chi connectivity index (χ4n) is 3.02. The molecule has 0 radical (unpaired) electrons. The van der Waals surface area contributed by atoms with E-state index < -0.39 is 0 Å². The van der Waals surface area contributed by atoms with Crippen LogP contribution in [-0.4, -0.2) is 30.9 Å². The van der Waals surface area contributed by atoms with E-state index in [-0.39, 0.29) is 5.91 Å². The Morgan fingerprint density at radius 3 is 2.58 bits per heavy atom. The van der Waals surface area contributed by atoms with Gasteiger partial charge in [-0.25, -0.2) is 4.98 Å². The molecule has 0 aliphatic rings. The molecule has 2 aromatic heterocycles. The fourth-order valence-corrected chi connectivity index (χ4v) is 4.82. The Labute approximate surface area is 188 Å². The molecule has 2 aromatic carbocycles. The predicted octanol–water partition coefficient (Wildman–Crippen LogP) is 5.62. The van der Waals surface area contributed by atoms with Crippen LogP contribution in [-0.2, 0) is 11.3 Å². The van der Waals surface area contributed by atoms with E-state index in [2.05, 4.69) is 4.98 Å². The lowest BCUT2D eigenvalue weighted by atomic mass is 10.3. The first-order chi connectivity index (χ1) is 15.2. The van der Waals surface area contributed by atoms with Crippen molar-refractivity contribution in [3.05, 3.63) is 66.6 Å². The molecule has 0 unspecified atom stereocenters. The zero-order valence-corrected chi connectivity index (χ0v) is 18.9. The summed E-state index contributed by atoms with van der Waals surface area (Å²) in [5.41, 5.74) is 0.809. The number of benzene rings is 2. The molecule has 0 atom stereocenters. The summed E-state index contributed by atoms with van der Waals surface area (Å²) in [7, 11) is 3.27. The molecule has 0 saturated carbocycles. The van der Waals surface area contributed by atoms with Gasteiger partial charge >= 0.3 is 0 Å². The first-order valence-corrected chi connectivity index (χ1v) is 11.5. The van der Waals surface area contributed by atoms with Crippen molar-refractivity contribution in [2.24, 2.45) is 0 Å². The third-order valence-corrected chi connectivity index (χ3v) is 6.73. The number of carbonyl (C=O) groups excluding carboxylic acids is 1. The van der Waals surface area contributed by atoms with Crippen molar-refractivity contribution in [2.75, 3.05) is 24.9 Å². The molecule has 160 valence electrons. The summed E-state index contributed by atoms with van der Waals surface area (Å²) in [5, 5.41) is 0.652. The minimum Gasteiger partial charge on any atom is -0.497 e. The van der Waals surface area contributed by atoms with Crippen molar-refractivity contribution in [1.29, 1.82) is 0 Å². The predicted molar refractivity (Wildman–Crippen MR) is 124 cm³/mol. The number of aromatic nitrogens is 1. The van der Waals surface area contributed by atoms with Gasteiger partial charge in [-0.2, -0.15) is 0 Å². The van der Waals surface area contributed by atoms with Gasteiger partial charge in [-0.3, -0.25) is 9.69 Å². The van der Waals surface area contributed by atoms with Crippen LogP contribution in [0.2, 0.25) is 0 Å². The minimum absolute atomic E-state index is 0.00318. The minimum atomic E-state index is 0.00318. The van der Waals surface area contributed by atoms with Crippen LogP contribution in [0.5, 0.6) is 11.5 Å². The van der Waals surface area contributed by atoms with E-state index in [4.69, 9.17) is 13.9 Å². The molecule has 0 spiro atoms. The molecule has 4 aromatic rings. The van der Waals surface area contributed by atoms with Crippen molar-refractivity contribution in [3.8, 4) is 11.5 Å². The summed E-state index contributed by atoms with van der Waals surface area (Å²) >= 11 is 3.12. The quantitative estimate of drug-likeness (QED) is 0.306. The number of methoxy groups -OCH3 is 2. The normalized spacial score (nSPS) is 10.9. The molecule has 0 fully saturated rings. The van der Waals surface area contributed by atoms with E-state index in [1.807, 2.05) is 54.6 Å².